The van der Waals surface area contributed by atoms with E-state index in [9.17, 15) is 10.1 Å². The molecule has 0 unspecified atom stereocenters. The molecule has 1 heterocycles. The van der Waals surface area contributed by atoms with E-state index in [1.54, 1.807) is 25.5 Å². The molecule has 1 aromatic heterocycles. The third-order valence-electron chi connectivity index (χ3n) is 4.58. The molecule has 1 amide bonds. The number of aromatic nitrogens is 1. The van der Waals surface area contributed by atoms with E-state index in [1.165, 1.54) is 0 Å². The van der Waals surface area contributed by atoms with Gasteiger partial charge in [0.2, 0.25) is 0 Å². The summed E-state index contributed by atoms with van der Waals surface area (Å²) in [5.74, 6) is 0.707. The third kappa shape index (κ3) is 6.89. The van der Waals surface area contributed by atoms with Crippen LogP contribution in [0.1, 0.15) is 27.9 Å². The van der Waals surface area contributed by atoms with Crippen molar-refractivity contribution in [1.82, 2.24) is 4.98 Å². The third-order valence-corrected chi connectivity index (χ3v) is 4.58. The van der Waals surface area contributed by atoms with Crippen molar-refractivity contribution in [2.45, 2.75) is 20.5 Å². The highest BCUT2D eigenvalue weighted by Gasteiger charge is 2.11. The lowest BCUT2D eigenvalue weighted by molar-refractivity contribution is -0.118. The number of carbonyl (C=O) groups excluding carboxylic acids is 1. The van der Waals surface area contributed by atoms with Gasteiger partial charge in [-0.2, -0.15) is 10.4 Å². The SMILES string of the molecule is COCc1cc(C)nc(N/N=C/c2ccc(OCC(=O)Nc3cccc(C)c3)cc2)c1C#N. The molecule has 8 nitrogen and oxygen atoms in total. The van der Waals surface area contributed by atoms with Crippen LogP contribution in [0.15, 0.2) is 59.7 Å². The Hall–Kier alpha value is -4.22. The smallest absolute Gasteiger partial charge is 0.262 e. The minimum atomic E-state index is -0.234. The molecule has 0 aliphatic rings. The number of amides is 1. The quantitative estimate of drug-likeness (QED) is 0.379. The molecular formula is C25H25N5O3. The van der Waals surface area contributed by atoms with Gasteiger partial charge in [0, 0.05) is 24.1 Å². The number of benzene rings is 2. The normalized spacial score (nSPS) is 10.6. The predicted molar refractivity (Wildman–Crippen MR) is 127 cm³/mol. The van der Waals surface area contributed by atoms with Gasteiger partial charge >= 0.3 is 0 Å². The van der Waals surface area contributed by atoms with E-state index in [1.807, 2.05) is 56.3 Å². The van der Waals surface area contributed by atoms with Crippen molar-refractivity contribution < 1.29 is 14.3 Å². The van der Waals surface area contributed by atoms with Gasteiger partial charge in [0.25, 0.3) is 5.91 Å². The summed E-state index contributed by atoms with van der Waals surface area (Å²) in [5, 5.41) is 16.5. The van der Waals surface area contributed by atoms with E-state index in [-0.39, 0.29) is 12.5 Å². The number of aryl methyl sites for hydroxylation is 2. The van der Waals surface area contributed by atoms with Crippen LogP contribution in [0, 0.1) is 25.2 Å². The Bertz CT molecular complexity index is 1180. The average Bonchev–Trinajstić information content (AvgIpc) is 2.79. The second-order valence-corrected chi connectivity index (χ2v) is 7.34. The van der Waals surface area contributed by atoms with E-state index in [0.717, 1.165) is 28.1 Å². The minimum absolute atomic E-state index is 0.0945. The van der Waals surface area contributed by atoms with Crippen LogP contribution in [-0.4, -0.2) is 30.8 Å². The molecule has 0 aliphatic heterocycles. The van der Waals surface area contributed by atoms with Crippen molar-refractivity contribution in [2.24, 2.45) is 5.10 Å². The zero-order chi connectivity index (χ0) is 23.6. The molecular weight excluding hydrogens is 418 g/mol. The Morgan fingerprint density at radius 2 is 1.97 bits per heavy atom. The maximum Gasteiger partial charge on any atom is 0.262 e. The Labute approximate surface area is 192 Å². The van der Waals surface area contributed by atoms with Gasteiger partial charge in [-0.15, -0.1) is 0 Å². The zero-order valence-electron chi connectivity index (χ0n) is 18.8. The highest BCUT2D eigenvalue weighted by Crippen LogP contribution is 2.19. The number of pyridine rings is 1. The van der Waals surface area contributed by atoms with Gasteiger partial charge in [0.05, 0.1) is 12.8 Å². The number of nitrogens with zero attached hydrogens (tertiary/aromatic N) is 3. The molecule has 8 heteroatoms. The highest BCUT2D eigenvalue weighted by molar-refractivity contribution is 5.92. The molecule has 3 rings (SSSR count). The summed E-state index contributed by atoms with van der Waals surface area (Å²) < 4.78 is 10.7. The minimum Gasteiger partial charge on any atom is -0.484 e. The summed E-state index contributed by atoms with van der Waals surface area (Å²) in [4.78, 5) is 16.4. The fourth-order valence-corrected chi connectivity index (χ4v) is 3.10. The largest absolute Gasteiger partial charge is 0.484 e. The Kier molecular flexibility index (Phi) is 8.11. The molecule has 0 aliphatic carbocycles. The lowest BCUT2D eigenvalue weighted by Crippen LogP contribution is -2.20. The van der Waals surface area contributed by atoms with Gasteiger partial charge in [-0.25, -0.2) is 4.98 Å². The molecule has 0 saturated carbocycles. The number of nitrogens with one attached hydrogen (secondary N) is 2. The Morgan fingerprint density at radius 3 is 2.67 bits per heavy atom. The standard InChI is InChI=1S/C25H25N5O3/c1-17-5-4-6-21(11-17)29-24(31)16-33-22-9-7-19(8-10-22)14-27-30-25-23(13-26)20(15-32-3)12-18(2)28-25/h4-12,14H,15-16H2,1-3H3,(H,28,30)(H,29,31)/b27-14+. The fourth-order valence-electron chi connectivity index (χ4n) is 3.10. The van der Waals surface area contributed by atoms with E-state index in [2.05, 4.69) is 26.9 Å². The number of rotatable bonds is 9. The summed E-state index contributed by atoms with van der Waals surface area (Å²) in [6, 6.07) is 18.7. The van der Waals surface area contributed by atoms with Crippen molar-refractivity contribution in [3.63, 3.8) is 0 Å². The number of hydrazone groups is 1. The lowest BCUT2D eigenvalue weighted by Gasteiger charge is -2.09. The first kappa shape index (κ1) is 23.4. The second kappa shape index (κ2) is 11.4. The number of anilines is 2. The van der Waals surface area contributed by atoms with E-state index in [0.29, 0.717) is 23.7 Å². The van der Waals surface area contributed by atoms with Crippen LogP contribution >= 0.6 is 0 Å². The van der Waals surface area contributed by atoms with Gasteiger partial charge in [0.15, 0.2) is 12.4 Å². The van der Waals surface area contributed by atoms with Crippen LogP contribution in [-0.2, 0) is 16.1 Å². The van der Waals surface area contributed by atoms with E-state index >= 15 is 0 Å². The number of hydrogen-bond acceptors (Lipinski definition) is 7. The number of hydrogen-bond donors (Lipinski definition) is 2. The van der Waals surface area contributed by atoms with Gasteiger partial charge in [-0.05, 0) is 67.4 Å². The van der Waals surface area contributed by atoms with Crippen LogP contribution in [0.2, 0.25) is 0 Å². The van der Waals surface area contributed by atoms with Crippen LogP contribution in [0.5, 0.6) is 5.75 Å². The number of carbonyl (C=O) groups is 1. The van der Waals surface area contributed by atoms with Crippen molar-refractivity contribution in [2.75, 3.05) is 24.5 Å². The molecule has 0 atom stereocenters. The second-order valence-electron chi connectivity index (χ2n) is 7.34. The first-order chi connectivity index (χ1) is 16.0. The summed E-state index contributed by atoms with van der Waals surface area (Å²) in [6.45, 7) is 4.03. The van der Waals surface area contributed by atoms with Crippen LogP contribution < -0.4 is 15.5 Å². The molecule has 2 N–H and O–H groups in total. The summed E-state index contributed by atoms with van der Waals surface area (Å²) in [5.41, 5.74) is 7.34. The molecule has 0 fully saturated rings. The van der Waals surface area contributed by atoms with Crippen LogP contribution in [0.25, 0.3) is 0 Å². The number of nitriles is 1. The average molecular weight is 444 g/mol. The summed E-state index contributed by atoms with van der Waals surface area (Å²) >= 11 is 0. The fraction of sp³-hybridized carbons (Fsp3) is 0.200. The predicted octanol–water partition coefficient (Wildman–Crippen LogP) is 4.18. The topological polar surface area (TPSA) is 109 Å². The number of methoxy groups -OCH3 is 1. The molecule has 33 heavy (non-hydrogen) atoms. The maximum absolute atomic E-state index is 12.1. The van der Waals surface area contributed by atoms with Gasteiger partial charge < -0.3 is 14.8 Å². The van der Waals surface area contributed by atoms with E-state index < -0.39 is 0 Å². The monoisotopic (exact) mass is 443 g/mol. The summed E-state index contributed by atoms with van der Waals surface area (Å²) in [6.07, 6.45) is 1.61. The molecule has 0 saturated heterocycles. The van der Waals surface area contributed by atoms with Gasteiger partial charge in [0.1, 0.15) is 17.4 Å². The summed E-state index contributed by atoms with van der Waals surface area (Å²) in [7, 11) is 1.58. The molecule has 3 aromatic rings. The van der Waals surface area contributed by atoms with Crippen molar-refractivity contribution >= 4 is 23.6 Å². The Morgan fingerprint density at radius 1 is 1.18 bits per heavy atom. The lowest BCUT2D eigenvalue weighted by atomic mass is 10.1. The molecule has 0 spiro atoms. The highest BCUT2D eigenvalue weighted by atomic mass is 16.5. The molecule has 0 bridgehead atoms. The van der Waals surface area contributed by atoms with Gasteiger partial charge in [-0.1, -0.05) is 12.1 Å². The van der Waals surface area contributed by atoms with Gasteiger partial charge in [-0.3, -0.25) is 10.2 Å². The molecule has 2 aromatic carbocycles. The molecule has 168 valence electrons. The van der Waals surface area contributed by atoms with Crippen molar-refractivity contribution in [3.8, 4) is 11.8 Å². The van der Waals surface area contributed by atoms with E-state index in [4.69, 9.17) is 9.47 Å². The zero-order valence-corrected chi connectivity index (χ0v) is 18.8. The van der Waals surface area contributed by atoms with Crippen molar-refractivity contribution in [3.05, 3.63) is 82.5 Å². The van der Waals surface area contributed by atoms with Crippen LogP contribution in [0.4, 0.5) is 11.5 Å². The van der Waals surface area contributed by atoms with Crippen LogP contribution in [0.3, 0.4) is 0 Å². The maximum atomic E-state index is 12.1. The first-order valence-corrected chi connectivity index (χ1v) is 10.3. The first-order valence-electron chi connectivity index (χ1n) is 10.3. The van der Waals surface area contributed by atoms with Crippen molar-refractivity contribution in [1.29, 1.82) is 5.26 Å². The Balaban J connectivity index is 1.55. The molecule has 0 radical (unpaired) electrons. The number of ether oxygens (including phenoxy) is 2.